The van der Waals surface area contributed by atoms with E-state index in [1.54, 1.807) is 41.1 Å². The van der Waals surface area contributed by atoms with E-state index in [2.05, 4.69) is 293 Å². The van der Waals surface area contributed by atoms with E-state index in [-0.39, 0.29) is 176 Å². The number of carbonyl (C=O) groups excluding carboxylic acids is 2. The summed E-state index contributed by atoms with van der Waals surface area (Å²) in [4.78, 5) is 45.4. The van der Waals surface area contributed by atoms with Gasteiger partial charge in [0.15, 0.2) is 0 Å². The van der Waals surface area contributed by atoms with Crippen molar-refractivity contribution in [2.24, 2.45) is 0 Å². The SMILES string of the molecule is C[C-](C)C.C[C-](C)C.C[C-](C)C.C[C-](C)C.[CH2-]CN1CCN(c2ccc([C@@H](C)NC(C)(C)C)cc2)CC1.[CH2-]Cn1ccc(-c2ccc([C@@H](C)NC(C)(C)C)cc2)cc1=O.[CH2-]Nc1ccc(C(=O)N2CCC(NC(C)(C)C)C2)cc1.[CH2-]Oc1ccc(C(=O)N2CCC(NC(C)(C)C)C2)cc1.[Y].[Y].[Y].[Y]. The second-order valence-electron chi connectivity index (χ2n) is 32.4. The van der Waals surface area contributed by atoms with Crippen molar-refractivity contribution in [3.05, 3.63) is 200 Å². The maximum atomic E-state index is 12.4. The second-order valence-corrected chi connectivity index (χ2v) is 32.4. The minimum Gasteiger partial charge on any atom is -0.665 e. The van der Waals surface area contributed by atoms with Crippen molar-refractivity contribution in [3.8, 4) is 16.9 Å². The van der Waals surface area contributed by atoms with Crippen molar-refractivity contribution in [2.75, 3.05) is 69.1 Å². The number of hydrogen-bond donors (Lipinski definition) is 5. The second kappa shape index (κ2) is 54.9. The third-order valence-electron chi connectivity index (χ3n) is 14.6. The third-order valence-corrected chi connectivity index (χ3v) is 14.6. The molecule has 0 aliphatic carbocycles. The standard InChI is InChI=1S/C19H25N2O.C18H30N3.C16H24N3O.C16H23N2O2.4C4H9.4Y/c1-6-21-12-11-17(13-18(21)22)16-9-7-15(8-10-16)14(2)20-19(3,4)5;1-6-20-11-13-21(14-12-20)17-9-7-16(8-10-17)15(2)19-18(3,4)5;1-16(2,3)18-14-9-10-19(11-14)15(20)12-5-7-13(17-4)8-6-12;1-16(2,3)17-13-9-10-18(11-13)15(19)12-5-7-14(20-4)8-6-12;4*1-4(2)3;;;;/h7-14,20H,1,6H2,2-5H3;7-10,15,19H,1,6,11-14H2,2-5H3;5-8,14,17-18H,4,9-11H2,1-3H3;5-8,13,17H,4,9-11H2,1-3H3;4*1-3H3;;;;/q8*-1;;;;/t14-;15-;;;;;;;;;;/m11........../s1. The van der Waals surface area contributed by atoms with E-state index < -0.39 is 0 Å². The summed E-state index contributed by atoms with van der Waals surface area (Å²) in [6.07, 6.45) is 3.81. The first-order valence-corrected chi connectivity index (χ1v) is 35.8. The van der Waals surface area contributed by atoms with Gasteiger partial charge in [-0.25, -0.2) is 0 Å². The summed E-state index contributed by atoms with van der Waals surface area (Å²) in [6, 6.07) is 37.0. The first kappa shape index (κ1) is 108. The Labute approximate surface area is 731 Å². The maximum Gasteiger partial charge on any atom is 0.253 e. The quantitative estimate of drug-likeness (QED) is 0.0679. The Morgan fingerprint density at radius 1 is 0.495 bits per heavy atom. The van der Waals surface area contributed by atoms with Crippen molar-refractivity contribution in [3.63, 3.8) is 0 Å². The Morgan fingerprint density at radius 2 is 0.854 bits per heavy atom. The molecule has 18 heteroatoms. The zero-order valence-electron chi connectivity index (χ0n) is 69.3. The van der Waals surface area contributed by atoms with Gasteiger partial charge in [-0.2, -0.15) is 90.2 Å². The number of pyridine rings is 1. The van der Waals surface area contributed by atoms with Gasteiger partial charge >= 0.3 is 0 Å². The summed E-state index contributed by atoms with van der Waals surface area (Å²) < 4.78 is 6.45. The largest absolute Gasteiger partial charge is 0.665 e. The molecule has 0 bridgehead atoms. The van der Waals surface area contributed by atoms with Crippen LogP contribution >= 0.6 is 0 Å². The number of amides is 2. The minimum absolute atomic E-state index is 0. The maximum absolute atomic E-state index is 12.4. The molecule has 4 atom stereocenters. The van der Waals surface area contributed by atoms with E-state index in [0.717, 1.165) is 94.1 Å². The molecule has 572 valence electrons. The van der Waals surface area contributed by atoms with E-state index in [1.807, 2.05) is 40.1 Å². The van der Waals surface area contributed by atoms with Crippen LogP contribution in [0.2, 0.25) is 0 Å². The third kappa shape index (κ3) is 50.0. The molecule has 5 N–H and O–H groups in total. The molecule has 8 rings (SSSR count). The number of ether oxygens (including phenoxy) is 1. The van der Waals surface area contributed by atoms with Crippen LogP contribution in [0.4, 0.5) is 11.4 Å². The van der Waals surface area contributed by atoms with Gasteiger partial charge in [-0.15, -0.1) is 13.1 Å². The normalized spacial score (nSPS) is 15.5. The van der Waals surface area contributed by atoms with E-state index in [0.29, 0.717) is 36.0 Å². The summed E-state index contributed by atoms with van der Waals surface area (Å²) in [5.74, 6) is 6.52. The van der Waals surface area contributed by atoms with Crippen molar-refractivity contribution < 1.29 is 145 Å². The molecule has 3 aliphatic heterocycles. The van der Waals surface area contributed by atoms with E-state index >= 15 is 0 Å². The topological polar surface area (TPSA) is 138 Å². The zero-order valence-corrected chi connectivity index (χ0v) is 80.6. The van der Waals surface area contributed by atoms with Crippen molar-refractivity contribution >= 4 is 23.2 Å². The average Bonchev–Trinajstić information content (AvgIpc) is 1.68. The van der Waals surface area contributed by atoms with Crippen molar-refractivity contribution in [1.82, 2.24) is 40.5 Å². The van der Waals surface area contributed by atoms with Crippen LogP contribution in [0, 0.1) is 51.7 Å². The Balaban J connectivity index is -0.000000584. The Kier molecular flexibility index (Phi) is 57.4. The Bertz CT molecular complexity index is 2910. The van der Waals surface area contributed by atoms with Gasteiger partial charge in [0, 0.05) is 264 Å². The molecular weight excluding hydrogens is 1580 g/mol. The number of anilines is 2. The van der Waals surface area contributed by atoms with Crippen LogP contribution < -0.4 is 41.8 Å². The van der Waals surface area contributed by atoms with Gasteiger partial charge in [-0.05, 0) is 199 Å². The van der Waals surface area contributed by atoms with Crippen LogP contribution in [0.15, 0.2) is 120 Å². The molecular formula is C85H138N10O4Y4-8. The van der Waals surface area contributed by atoms with E-state index in [1.165, 1.54) is 40.5 Å². The molecule has 0 saturated carbocycles. The molecule has 4 heterocycles. The van der Waals surface area contributed by atoms with Gasteiger partial charge in [0.2, 0.25) is 5.56 Å². The summed E-state index contributed by atoms with van der Waals surface area (Å²) in [5, 5.41) is 17.1. The average molecular weight is 1720 g/mol. The van der Waals surface area contributed by atoms with Crippen LogP contribution in [0.5, 0.6) is 5.75 Å². The van der Waals surface area contributed by atoms with Gasteiger partial charge < -0.3 is 93.0 Å². The summed E-state index contributed by atoms with van der Waals surface area (Å²) in [5.41, 5.74) is 8.65. The molecule has 1 aromatic heterocycles. The van der Waals surface area contributed by atoms with E-state index in [9.17, 15) is 14.4 Å². The molecule has 3 fully saturated rings. The molecule has 4 aromatic carbocycles. The fraction of sp³-hybridized carbons (Fsp3) is 0.541. The summed E-state index contributed by atoms with van der Waals surface area (Å²) in [6.45, 7) is 72.1. The first-order valence-electron chi connectivity index (χ1n) is 35.8. The molecule has 3 saturated heterocycles. The fourth-order valence-corrected chi connectivity index (χ4v) is 10.6. The monoisotopic (exact) mass is 1720 g/mol. The molecule has 0 spiro atoms. The molecule has 2 amide bonds. The van der Waals surface area contributed by atoms with Crippen LogP contribution in [0.25, 0.3) is 11.1 Å². The number of hydrogen-bond acceptors (Lipinski definition) is 11. The minimum atomic E-state index is -0.0145. The van der Waals surface area contributed by atoms with Crippen molar-refractivity contribution in [2.45, 2.75) is 246 Å². The number of rotatable bonds is 14. The summed E-state index contributed by atoms with van der Waals surface area (Å²) in [7, 11) is 6.95. The predicted molar refractivity (Wildman–Crippen MR) is 428 cm³/mol. The van der Waals surface area contributed by atoms with Crippen molar-refractivity contribution in [1.29, 1.82) is 0 Å². The summed E-state index contributed by atoms with van der Waals surface area (Å²) >= 11 is 0. The van der Waals surface area contributed by atoms with Crippen LogP contribution in [0.3, 0.4) is 0 Å². The predicted octanol–water partition coefficient (Wildman–Crippen LogP) is 18.3. The number of likely N-dealkylation sites (tertiary alicyclic amines) is 2. The zero-order chi connectivity index (χ0) is 75.6. The fourth-order valence-electron chi connectivity index (χ4n) is 10.6. The number of piperazine rings is 1. The molecule has 2 unspecified atom stereocenters. The number of benzene rings is 4. The van der Waals surface area contributed by atoms with Gasteiger partial charge in [-0.3, -0.25) is 21.4 Å². The van der Waals surface area contributed by atoms with Gasteiger partial charge in [-0.1, -0.05) is 36.4 Å². The molecule has 5 aromatic rings. The van der Waals surface area contributed by atoms with E-state index in [4.69, 9.17) is 4.74 Å². The molecule has 4 radical (unpaired) electrons. The van der Waals surface area contributed by atoms with Crippen LogP contribution in [-0.4, -0.2) is 124 Å². The van der Waals surface area contributed by atoms with Crippen LogP contribution in [-0.2, 0) is 137 Å². The van der Waals surface area contributed by atoms with Gasteiger partial charge in [0.1, 0.15) is 0 Å². The first-order chi connectivity index (χ1) is 45.9. The van der Waals surface area contributed by atoms with Gasteiger partial charge in [0.25, 0.3) is 11.8 Å². The molecule has 103 heavy (non-hydrogen) atoms. The Hall–Kier alpha value is -1.61. The Morgan fingerprint density at radius 3 is 1.17 bits per heavy atom. The van der Waals surface area contributed by atoms with Crippen LogP contribution in [0.1, 0.15) is 237 Å². The smallest absolute Gasteiger partial charge is 0.253 e. The van der Waals surface area contributed by atoms with Gasteiger partial charge in [0.05, 0.1) is 5.75 Å². The molecule has 3 aliphatic rings. The molecule has 14 nitrogen and oxygen atoms in total. The number of carbonyl (C=O) groups is 2. The number of aromatic nitrogens is 1. The number of nitrogens with zero attached hydrogens (tertiary/aromatic N) is 5. The number of nitrogens with one attached hydrogen (secondary N) is 5.